The maximum Gasteiger partial charge on any atom is 0.315 e. The highest BCUT2D eigenvalue weighted by Gasteiger charge is 2.47. The summed E-state index contributed by atoms with van der Waals surface area (Å²) in [5.41, 5.74) is 0.855. The van der Waals surface area contributed by atoms with Gasteiger partial charge in [0.15, 0.2) is 0 Å². The van der Waals surface area contributed by atoms with E-state index in [1.165, 1.54) is 6.33 Å². The molecular formula is C11H14N2O2. The van der Waals surface area contributed by atoms with Gasteiger partial charge in [-0.15, -0.1) is 0 Å². The van der Waals surface area contributed by atoms with Crippen molar-refractivity contribution in [2.75, 3.05) is 0 Å². The van der Waals surface area contributed by atoms with Gasteiger partial charge in [-0.25, -0.2) is 9.97 Å². The van der Waals surface area contributed by atoms with Crippen molar-refractivity contribution < 1.29 is 9.90 Å². The van der Waals surface area contributed by atoms with E-state index < -0.39 is 11.4 Å². The molecule has 1 fully saturated rings. The monoisotopic (exact) mass is 206 g/mol. The van der Waals surface area contributed by atoms with Crippen LogP contribution in [0.15, 0.2) is 12.4 Å². The molecule has 15 heavy (non-hydrogen) atoms. The molecule has 1 aliphatic rings. The lowest BCUT2D eigenvalue weighted by atomic mass is 9.66. The summed E-state index contributed by atoms with van der Waals surface area (Å²) in [7, 11) is 0. The molecule has 0 atom stereocenters. The molecule has 1 aliphatic carbocycles. The maximum atomic E-state index is 11.2. The minimum absolute atomic E-state index is 0.674. The molecule has 0 amide bonds. The van der Waals surface area contributed by atoms with Gasteiger partial charge in [0.2, 0.25) is 0 Å². The molecule has 4 heteroatoms. The smallest absolute Gasteiger partial charge is 0.315 e. The first-order valence-corrected chi connectivity index (χ1v) is 5.24. The van der Waals surface area contributed by atoms with Crippen LogP contribution in [0, 0.1) is 0 Å². The second-order valence-electron chi connectivity index (χ2n) is 3.99. The van der Waals surface area contributed by atoms with E-state index in [9.17, 15) is 9.90 Å². The van der Waals surface area contributed by atoms with Crippen LogP contribution in [-0.2, 0) is 16.6 Å². The zero-order chi connectivity index (χ0) is 10.9. The van der Waals surface area contributed by atoms with Crippen molar-refractivity contribution in [2.24, 2.45) is 0 Å². The molecule has 0 aliphatic heterocycles. The Bertz CT molecular complexity index is 386. The van der Waals surface area contributed by atoms with Crippen LogP contribution in [0.5, 0.6) is 0 Å². The summed E-state index contributed by atoms with van der Waals surface area (Å²) < 4.78 is 0. The average Bonchev–Trinajstić information content (AvgIpc) is 2.16. The lowest BCUT2D eigenvalue weighted by molar-refractivity contribution is -0.147. The maximum absolute atomic E-state index is 11.2. The summed E-state index contributed by atoms with van der Waals surface area (Å²) >= 11 is 0. The number of carbonyl (C=O) groups is 1. The molecule has 4 nitrogen and oxygen atoms in total. The fourth-order valence-electron chi connectivity index (χ4n) is 1.96. The molecule has 0 radical (unpaired) electrons. The number of carboxylic acid groups (broad SMARTS) is 1. The van der Waals surface area contributed by atoms with E-state index >= 15 is 0 Å². The van der Waals surface area contributed by atoms with E-state index in [2.05, 4.69) is 9.97 Å². The molecule has 1 saturated carbocycles. The van der Waals surface area contributed by atoms with Gasteiger partial charge >= 0.3 is 5.97 Å². The van der Waals surface area contributed by atoms with Crippen LogP contribution in [0.3, 0.4) is 0 Å². The number of nitrogens with zero attached hydrogens (tertiary/aromatic N) is 2. The minimum atomic E-state index is -0.755. The van der Waals surface area contributed by atoms with Gasteiger partial charge in [-0.05, 0) is 25.3 Å². The molecular weight excluding hydrogens is 192 g/mol. The van der Waals surface area contributed by atoms with Crippen molar-refractivity contribution in [3.8, 4) is 0 Å². The topological polar surface area (TPSA) is 63.1 Å². The zero-order valence-electron chi connectivity index (χ0n) is 8.73. The van der Waals surface area contributed by atoms with E-state index in [0.29, 0.717) is 18.5 Å². The Balaban J connectivity index is 2.38. The molecule has 1 heterocycles. The Hall–Kier alpha value is -1.45. The highest BCUT2D eigenvalue weighted by atomic mass is 16.4. The number of aryl methyl sites for hydroxylation is 1. The number of hydrogen-bond acceptors (Lipinski definition) is 3. The van der Waals surface area contributed by atoms with E-state index in [1.807, 2.05) is 13.0 Å². The number of rotatable bonds is 3. The van der Waals surface area contributed by atoms with E-state index in [0.717, 1.165) is 18.5 Å². The molecule has 0 aromatic carbocycles. The third-order valence-corrected chi connectivity index (χ3v) is 3.19. The van der Waals surface area contributed by atoms with Crippen molar-refractivity contribution in [1.29, 1.82) is 0 Å². The molecule has 0 bridgehead atoms. The van der Waals surface area contributed by atoms with Gasteiger partial charge in [0, 0.05) is 5.69 Å². The zero-order valence-corrected chi connectivity index (χ0v) is 8.73. The third-order valence-electron chi connectivity index (χ3n) is 3.19. The lowest BCUT2D eigenvalue weighted by Crippen LogP contribution is -2.43. The summed E-state index contributed by atoms with van der Waals surface area (Å²) in [6, 6.07) is 1.83. The van der Waals surface area contributed by atoms with E-state index in [1.54, 1.807) is 0 Å². The summed E-state index contributed by atoms with van der Waals surface area (Å²) in [4.78, 5) is 19.4. The van der Waals surface area contributed by atoms with Crippen molar-refractivity contribution in [3.05, 3.63) is 23.8 Å². The first kappa shape index (κ1) is 10.1. The molecule has 0 saturated heterocycles. The van der Waals surface area contributed by atoms with Crippen LogP contribution in [0.1, 0.15) is 37.6 Å². The fourth-order valence-corrected chi connectivity index (χ4v) is 1.96. The molecule has 0 spiro atoms. The van der Waals surface area contributed by atoms with Crippen LogP contribution in [0.25, 0.3) is 0 Å². The summed E-state index contributed by atoms with van der Waals surface area (Å²) in [5, 5.41) is 9.24. The summed E-state index contributed by atoms with van der Waals surface area (Å²) in [6.07, 6.45) is 4.64. The predicted octanol–water partition coefficient (Wildman–Crippen LogP) is 1.55. The molecule has 0 unspecified atom stereocenters. The van der Waals surface area contributed by atoms with Gasteiger partial charge in [-0.2, -0.15) is 0 Å². The summed E-state index contributed by atoms with van der Waals surface area (Å²) in [5.74, 6) is -0.755. The van der Waals surface area contributed by atoms with Gasteiger partial charge in [-0.1, -0.05) is 13.3 Å². The molecule has 2 rings (SSSR count). The number of hydrogen-bond donors (Lipinski definition) is 1. The number of aromatic nitrogens is 2. The Kier molecular flexibility index (Phi) is 2.42. The second kappa shape index (κ2) is 3.61. The third kappa shape index (κ3) is 1.50. The van der Waals surface area contributed by atoms with Crippen LogP contribution >= 0.6 is 0 Å². The normalized spacial score (nSPS) is 18.2. The number of aliphatic carboxylic acids is 1. The van der Waals surface area contributed by atoms with Crippen molar-refractivity contribution in [1.82, 2.24) is 9.97 Å². The Labute approximate surface area is 88.4 Å². The van der Waals surface area contributed by atoms with Crippen molar-refractivity contribution >= 4 is 5.97 Å². The minimum Gasteiger partial charge on any atom is -0.481 e. The van der Waals surface area contributed by atoms with E-state index in [4.69, 9.17) is 0 Å². The second-order valence-corrected chi connectivity index (χ2v) is 3.99. The molecule has 1 aromatic rings. The number of carboxylic acids is 1. The first-order valence-electron chi connectivity index (χ1n) is 5.24. The largest absolute Gasteiger partial charge is 0.481 e. The standard InChI is InChI=1S/C11H14N2O2/c1-2-8-6-9(13-7-12-8)11(10(14)15)4-3-5-11/h6-7H,2-5H2,1H3,(H,14,15). The Morgan fingerprint density at radius 3 is 2.73 bits per heavy atom. The van der Waals surface area contributed by atoms with Gasteiger partial charge < -0.3 is 5.11 Å². The Morgan fingerprint density at radius 1 is 1.53 bits per heavy atom. The van der Waals surface area contributed by atoms with Crippen molar-refractivity contribution in [3.63, 3.8) is 0 Å². The average molecular weight is 206 g/mol. The van der Waals surface area contributed by atoms with Gasteiger partial charge in [0.05, 0.1) is 5.69 Å². The van der Waals surface area contributed by atoms with Gasteiger partial charge in [-0.3, -0.25) is 4.79 Å². The van der Waals surface area contributed by atoms with Crippen LogP contribution < -0.4 is 0 Å². The van der Waals surface area contributed by atoms with Crippen molar-refractivity contribution in [2.45, 2.75) is 38.0 Å². The highest BCUT2D eigenvalue weighted by molar-refractivity contribution is 5.81. The van der Waals surface area contributed by atoms with Crippen LogP contribution in [0.4, 0.5) is 0 Å². The van der Waals surface area contributed by atoms with Crippen LogP contribution in [-0.4, -0.2) is 21.0 Å². The Morgan fingerprint density at radius 2 is 2.27 bits per heavy atom. The fraction of sp³-hybridized carbons (Fsp3) is 0.545. The van der Waals surface area contributed by atoms with Gasteiger partial charge in [0.1, 0.15) is 11.7 Å². The van der Waals surface area contributed by atoms with Gasteiger partial charge in [0.25, 0.3) is 0 Å². The molecule has 1 aromatic heterocycles. The lowest BCUT2D eigenvalue weighted by Gasteiger charge is -2.36. The quantitative estimate of drug-likeness (QED) is 0.814. The molecule has 80 valence electrons. The molecule has 1 N–H and O–H groups in total. The SMILES string of the molecule is CCc1cc(C2(C(=O)O)CCC2)ncn1. The summed E-state index contributed by atoms with van der Waals surface area (Å²) in [6.45, 7) is 2.00. The van der Waals surface area contributed by atoms with E-state index in [-0.39, 0.29) is 0 Å². The first-order chi connectivity index (χ1) is 7.19. The highest BCUT2D eigenvalue weighted by Crippen LogP contribution is 2.43. The predicted molar refractivity (Wildman–Crippen MR) is 54.6 cm³/mol. The van der Waals surface area contributed by atoms with Crippen LogP contribution in [0.2, 0.25) is 0 Å².